The maximum Gasteiger partial charge on any atom is 0.141 e. The molecule has 1 aliphatic carbocycles. The lowest BCUT2D eigenvalue weighted by Gasteiger charge is -2.26. The number of nitrogens with two attached hydrogens (primary N) is 1. The molecule has 1 fully saturated rings. The van der Waals surface area contributed by atoms with Gasteiger partial charge in [-0.25, -0.2) is 8.78 Å². The fourth-order valence-corrected chi connectivity index (χ4v) is 3.73. The normalized spacial score (nSPS) is 24.9. The topological polar surface area (TPSA) is 26.0 Å². The molecule has 0 aliphatic heterocycles. The molecule has 0 amide bonds. The minimum atomic E-state index is -0.536. The Morgan fingerprint density at radius 2 is 1.88 bits per heavy atom. The molecule has 1 aromatic rings. The average Bonchev–Trinajstić information content (AvgIpc) is 2.23. The fraction of sp³-hybridized carbons (Fsp3) is 0.538. The van der Waals surface area contributed by atoms with E-state index in [9.17, 15) is 8.78 Å². The number of hydrogen-bond acceptors (Lipinski definition) is 2. The molecule has 1 aliphatic rings. The van der Waals surface area contributed by atoms with Crippen molar-refractivity contribution in [2.75, 3.05) is 5.73 Å². The summed E-state index contributed by atoms with van der Waals surface area (Å²) >= 11 is 1.32. The third-order valence-electron chi connectivity index (χ3n) is 3.19. The molecule has 0 aromatic heterocycles. The SMILES string of the molecule is CC1CCCC(Sc2c(F)cc(N)cc2F)C1. The number of thioether (sulfide) groups is 1. The Labute approximate surface area is 105 Å². The quantitative estimate of drug-likeness (QED) is 0.803. The number of anilines is 1. The molecule has 2 unspecified atom stereocenters. The number of rotatable bonds is 2. The number of benzene rings is 1. The Morgan fingerprint density at radius 3 is 2.47 bits per heavy atom. The van der Waals surface area contributed by atoms with Crippen LogP contribution < -0.4 is 5.73 Å². The van der Waals surface area contributed by atoms with Gasteiger partial charge >= 0.3 is 0 Å². The molecule has 17 heavy (non-hydrogen) atoms. The largest absolute Gasteiger partial charge is 0.399 e. The number of nitrogen functional groups attached to an aromatic ring is 1. The van der Waals surface area contributed by atoms with Crippen LogP contribution in [0, 0.1) is 17.6 Å². The van der Waals surface area contributed by atoms with Gasteiger partial charge in [-0.15, -0.1) is 11.8 Å². The summed E-state index contributed by atoms with van der Waals surface area (Å²) in [6.45, 7) is 2.20. The molecule has 2 atom stereocenters. The smallest absolute Gasteiger partial charge is 0.141 e. The van der Waals surface area contributed by atoms with Gasteiger partial charge in [-0.1, -0.05) is 19.8 Å². The first-order valence-electron chi connectivity index (χ1n) is 5.97. The highest BCUT2D eigenvalue weighted by molar-refractivity contribution is 8.00. The minimum Gasteiger partial charge on any atom is -0.399 e. The Hall–Kier alpha value is -0.770. The van der Waals surface area contributed by atoms with Gasteiger partial charge in [0, 0.05) is 10.9 Å². The Bertz CT molecular complexity index is 385. The lowest BCUT2D eigenvalue weighted by Crippen LogP contribution is -2.15. The molecule has 2 rings (SSSR count). The van der Waals surface area contributed by atoms with Crippen LogP contribution in [0.1, 0.15) is 32.6 Å². The predicted octanol–water partition coefficient (Wildman–Crippen LogP) is 4.22. The molecule has 1 saturated carbocycles. The van der Waals surface area contributed by atoms with Gasteiger partial charge in [0.2, 0.25) is 0 Å². The lowest BCUT2D eigenvalue weighted by atomic mass is 9.91. The first kappa shape index (κ1) is 12.7. The van der Waals surface area contributed by atoms with Crippen LogP contribution in [0.5, 0.6) is 0 Å². The van der Waals surface area contributed by atoms with E-state index in [0.29, 0.717) is 11.2 Å². The van der Waals surface area contributed by atoms with Crippen molar-refractivity contribution in [2.24, 2.45) is 5.92 Å². The maximum atomic E-state index is 13.6. The second-order valence-electron chi connectivity index (χ2n) is 4.83. The highest BCUT2D eigenvalue weighted by Crippen LogP contribution is 2.38. The summed E-state index contributed by atoms with van der Waals surface area (Å²) in [5.74, 6) is -0.419. The molecular formula is C13H17F2NS. The van der Waals surface area contributed by atoms with E-state index in [-0.39, 0.29) is 10.6 Å². The van der Waals surface area contributed by atoms with Crippen LogP contribution in [0.25, 0.3) is 0 Å². The molecule has 2 N–H and O–H groups in total. The monoisotopic (exact) mass is 257 g/mol. The molecule has 0 heterocycles. The van der Waals surface area contributed by atoms with Gasteiger partial charge in [0.15, 0.2) is 0 Å². The van der Waals surface area contributed by atoms with E-state index in [1.807, 2.05) is 0 Å². The molecule has 0 bridgehead atoms. The molecule has 1 nitrogen and oxygen atoms in total. The van der Waals surface area contributed by atoms with E-state index in [4.69, 9.17) is 5.73 Å². The van der Waals surface area contributed by atoms with Crippen LogP contribution in [-0.2, 0) is 0 Å². The summed E-state index contributed by atoms with van der Waals surface area (Å²) in [7, 11) is 0. The maximum absolute atomic E-state index is 13.6. The second-order valence-corrected chi connectivity index (χ2v) is 6.14. The van der Waals surface area contributed by atoms with E-state index in [1.54, 1.807) is 0 Å². The zero-order chi connectivity index (χ0) is 12.4. The van der Waals surface area contributed by atoms with Crippen LogP contribution >= 0.6 is 11.8 Å². The van der Waals surface area contributed by atoms with Gasteiger partial charge in [-0.3, -0.25) is 0 Å². The van der Waals surface area contributed by atoms with Gasteiger partial charge in [-0.05, 0) is 30.9 Å². The highest BCUT2D eigenvalue weighted by atomic mass is 32.2. The summed E-state index contributed by atoms with van der Waals surface area (Å²) in [5.41, 5.74) is 5.53. The van der Waals surface area contributed by atoms with Crippen LogP contribution in [0.3, 0.4) is 0 Å². The van der Waals surface area contributed by atoms with Crippen molar-refractivity contribution < 1.29 is 8.78 Å². The van der Waals surface area contributed by atoms with Crippen molar-refractivity contribution in [3.05, 3.63) is 23.8 Å². The van der Waals surface area contributed by atoms with E-state index >= 15 is 0 Å². The van der Waals surface area contributed by atoms with Crippen molar-refractivity contribution in [3.63, 3.8) is 0 Å². The first-order valence-corrected chi connectivity index (χ1v) is 6.85. The van der Waals surface area contributed by atoms with E-state index in [1.165, 1.54) is 30.3 Å². The standard InChI is InChI=1S/C13H17F2NS/c1-8-3-2-4-10(5-8)17-13-11(14)6-9(16)7-12(13)15/h6-8,10H,2-5,16H2,1H3. The minimum absolute atomic E-state index is 0.123. The van der Waals surface area contributed by atoms with Crippen molar-refractivity contribution >= 4 is 17.4 Å². The average molecular weight is 257 g/mol. The molecular weight excluding hydrogens is 240 g/mol. The molecule has 0 radical (unpaired) electrons. The van der Waals surface area contributed by atoms with Crippen LogP contribution in [-0.4, -0.2) is 5.25 Å². The summed E-state index contributed by atoms with van der Waals surface area (Å²) < 4.78 is 27.2. The molecule has 1 aromatic carbocycles. The van der Waals surface area contributed by atoms with Crippen molar-refractivity contribution in [3.8, 4) is 0 Å². The zero-order valence-electron chi connectivity index (χ0n) is 9.88. The highest BCUT2D eigenvalue weighted by Gasteiger charge is 2.22. The zero-order valence-corrected chi connectivity index (χ0v) is 10.7. The van der Waals surface area contributed by atoms with E-state index in [0.717, 1.165) is 19.3 Å². The summed E-state index contributed by atoms with van der Waals surface area (Å²) in [6, 6.07) is 2.38. The summed E-state index contributed by atoms with van der Waals surface area (Å²) in [5, 5.41) is 0.325. The Morgan fingerprint density at radius 1 is 1.24 bits per heavy atom. The Balaban J connectivity index is 2.12. The van der Waals surface area contributed by atoms with Crippen molar-refractivity contribution in [2.45, 2.75) is 42.8 Å². The Kier molecular flexibility index (Phi) is 3.92. The second kappa shape index (κ2) is 5.25. The predicted molar refractivity (Wildman–Crippen MR) is 68.0 cm³/mol. The van der Waals surface area contributed by atoms with Crippen LogP contribution in [0.2, 0.25) is 0 Å². The third-order valence-corrected chi connectivity index (χ3v) is 4.58. The van der Waals surface area contributed by atoms with Crippen LogP contribution in [0.4, 0.5) is 14.5 Å². The van der Waals surface area contributed by atoms with Gasteiger partial charge in [0.25, 0.3) is 0 Å². The van der Waals surface area contributed by atoms with Gasteiger partial charge < -0.3 is 5.73 Å². The molecule has 94 valence electrons. The summed E-state index contributed by atoms with van der Waals surface area (Å²) in [6.07, 6.45) is 4.45. The van der Waals surface area contributed by atoms with Crippen molar-refractivity contribution in [1.29, 1.82) is 0 Å². The molecule has 0 saturated heterocycles. The van der Waals surface area contributed by atoms with Crippen molar-refractivity contribution in [1.82, 2.24) is 0 Å². The van der Waals surface area contributed by atoms with Gasteiger partial charge in [0.05, 0.1) is 4.90 Å². The third kappa shape index (κ3) is 3.12. The molecule has 0 spiro atoms. The number of halogens is 2. The fourth-order valence-electron chi connectivity index (χ4n) is 2.34. The lowest BCUT2D eigenvalue weighted by molar-refractivity contribution is 0.393. The van der Waals surface area contributed by atoms with E-state index in [2.05, 4.69) is 6.92 Å². The number of hydrogen-bond donors (Lipinski definition) is 1. The first-order chi connectivity index (χ1) is 8.06. The van der Waals surface area contributed by atoms with Crippen LogP contribution in [0.15, 0.2) is 17.0 Å². The van der Waals surface area contributed by atoms with E-state index < -0.39 is 11.6 Å². The summed E-state index contributed by atoms with van der Waals surface area (Å²) in [4.78, 5) is 0.123. The van der Waals surface area contributed by atoms with Gasteiger partial charge in [0.1, 0.15) is 11.6 Å². The molecule has 4 heteroatoms. The van der Waals surface area contributed by atoms with Gasteiger partial charge in [-0.2, -0.15) is 0 Å².